The van der Waals surface area contributed by atoms with Gasteiger partial charge in [0.1, 0.15) is 17.3 Å². The third-order valence-corrected chi connectivity index (χ3v) is 7.55. The zero-order valence-electron chi connectivity index (χ0n) is 19.4. The zero-order chi connectivity index (χ0) is 24.0. The molecule has 7 atom stereocenters. The van der Waals surface area contributed by atoms with Gasteiger partial charge >= 0.3 is 5.97 Å². The van der Waals surface area contributed by atoms with Gasteiger partial charge < -0.3 is 29.3 Å². The third-order valence-electron chi connectivity index (χ3n) is 6.04. The van der Waals surface area contributed by atoms with E-state index in [0.717, 1.165) is 0 Å². The molecule has 1 fully saturated rings. The molecule has 0 unspecified atom stereocenters. The molecule has 1 saturated heterocycles. The van der Waals surface area contributed by atoms with Gasteiger partial charge in [0.25, 0.3) is 0 Å². The van der Waals surface area contributed by atoms with Crippen LogP contribution in [0.25, 0.3) is 0 Å². The molecule has 1 aliphatic heterocycles. The molecule has 2 N–H and O–H groups in total. The van der Waals surface area contributed by atoms with Crippen LogP contribution in [0.3, 0.4) is 0 Å². The van der Waals surface area contributed by atoms with Crippen LogP contribution in [0.1, 0.15) is 53.9 Å². The van der Waals surface area contributed by atoms with Gasteiger partial charge in [-0.15, -0.1) is 0 Å². The van der Waals surface area contributed by atoms with Gasteiger partial charge in [-0.1, -0.05) is 19.0 Å². The Morgan fingerprint density at radius 3 is 2.39 bits per heavy atom. The highest BCUT2D eigenvalue weighted by Gasteiger charge is 2.46. The van der Waals surface area contributed by atoms with E-state index in [2.05, 4.69) is 5.16 Å². The maximum Gasteiger partial charge on any atom is 0.317 e. The van der Waals surface area contributed by atoms with E-state index in [1.165, 1.54) is 21.0 Å². The lowest BCUT2D eigenvalue weighted by Crippen LogP contribution is -2.53. The van der Waals surface area contributed by atoms with Gasteiger partial charge in [-0.3, -0.25) is 9.59 Å². The molecule has 0 aromatic heterocycles. The van der Waals surface area contributed by atoms with Crippen molar-refractivity contribution in [2.45, 2.75) is 75.3 Å². The fourth-order valence-corrected chi connectivity index (χ4v) is 4.25. The Balaban J connectivity index is 3.37. The summed E-state index contributed by atoms with van der Waals surface area (Å²) in [6.45, 7) is 8.16. The van der Waals surface area contributed by atoms with Crippen molar-refractivity contribution in [1.29, 1.82) is 0 Å². The quantitative estimate of drug-likeness (QED) is 0.103. The van der Waals surface area contributed by atoms with Gasteiger partial charge in [0.05, 0.1) is 17.4 Å². The number of esters is 1. The summed E-state index contributed by atoms with van der Waals surface area (Å²) in [6, 6.07) is 0. The average Bonchev–Trinajstić information content (AvgIpc) is 2.73. The van der Waals surface area contributed by atoms with Crippen LogP contribution in [-0.4, -0.2) is 70.1 Å². The predicted octanol–water partition coefficient (Wildman–Crippen LogP) is 2.45. The summed E-state index contributed by atoms with van der Waals surface area (Å²) in [6.07, 6.45) is -0.0465. The first-order valence-electron chi connectivity index (χ1n) is 10.3. The molecule has 0 saturated carbocycles. The standard InChI is InChI=1S/C21H36INO8/c1-12-10-20(4,29-7)9-8-15(23-30-11-28-6)13(2)17(25)21(5,27)19(22)31-18(26)14(3)16(12)24/h12-14,17,19,25,27H,8-11H2,1-7H3/b23-15-/t12-,13+,14-,17-,19+,20-,21+/m1/s1. The zero-order valence-corrected chi connectivity index (χ0v) is 21.5. The van der Waals surface area contributed by atoms with Crippen molar-refractivity contribution in [3.63, 3.8) is 0 Å². The number of hydrogen-bond acceptors (Lipinski definition) is 9. The van der Waals surface area contributed by atoms with Crippen molar-refractivity contribution in [2.75, 3.05) is 21.0 Å². The Labute approximate surface area is 198 Å². The van der Waals surface area contributed by atoms with E-state index in [-0.39, 0.29) is 12.6 Å². The minimum absolute atomic E-state index is 0.0692. The molecular formula is C21H36INO8. The summed E-state index contributed by atoms with van der Waals surface area (Å²) in [4.78, 5) is 30.6. The highest BCUT2D eigenvalue weighted by atomic mass is 127. The summed E-state index contributed by atoms with van der Waals surface area (Å²) in [5, 5.41) is 26.0. The predicted molar refractivity (Wildman–Crippen MR) is 123 cm³/mol. The van der Waals surface area contributed by atoms with Crippen molar-refractivity contribution >= 4 is 40.1 Å². The molecule has 9 nitrogen and oxygen atoms in total. The average molecular weight is 557 g/mol. The Hall–Kier alpha value is -0.820. The second kappa shape index (κ2) is 11.9. The normalized spacial score (nSPS) is 40.3. The largest absolute Gasteiger partial charge is 0.448 e. The lowest BCUT2D eigenvalue weighted by molar-refractivity contribution is -0.169. The first kappa shape index (κ1) is 28.2. The number of carbonyl (C=O) groups is 2. The number of oxime groups is 1. The molecule has 1 rings (SSSR count). The van der Waals surface area contributed by atoms with Gasteiger partial charge in [0.15, 0.2) is 4.11 Å². The number of ketones is 1. The summed E-state index contributed by atoms with van der Waals surface area (Å²) in [5.74, 6) is -3.08. The number of Topliss-reactive ketones (excluding diaryl/α,β-unsaturated/α-hetero) is 1. The van der Waals surface area contributed by atoms with E-state index >= 15 is 0 Å². The molecule has 0 aromatic carbocycles. The maximum atomic E-state index is 12.8. The molecule has 0 aliphatic carbocycles. The van der Waals surface area contributed by atoms with Crippen LogP contribution < -0.4 is 0 Å². The first-order chi connectivity index (χ1) is 14.3. The van der Waals surface area contributed by atoms with E-state index < -0.39 is 45.1 Å². The molecule has 1 heterocycles. The van der Waals surface area contributed by atoms with Gasteiger partial charge in [-0.2, -0.15) is 0 Å². The number of alkyl halides is 1. The number of cyclic esters (lactones) is 1. The number of halogens is 1. The van der Waals surface area contributed by atoms with E-state index in [1.807, 2.05) is 6.92 Å². The molecule has 10 heteroatoms. The SMILES string of the molecule is COCO/N=C1/CC[C@@](C)(OC)C[C@@H](C)C(=O)[C@@H](C)C(=O)O[C@H](I)[C@@](C)(O)[C@H](O)[C@H]1C. The molecule has 0 aromatic rings. The Morgan fingerprint density at radius 2 is 1.84 bits per heavy atom. The first-order valence-corrected chi connectivity index (χ1v) is 11.6. The second-order valence-electron chi connectivity index (χ2n) is 8.71. The fraction of sp³-hybridized carbons (Fsp3) is 0.857. The maximum absolute atomic E-state index is 12.8. The Morgan fingerprint density at radius 1 is 1.23 bits per heavy atom. The molecule has 180 valence electrons. The fourth-order valence-electron chi connectivity index (χ4n) is 3.64. The van der Waals surface area contributed by atoms with Crippen LogP contribution in [0.4, 0.5) is 0 Å². The topological polar surface area (TPSA) is 124 Å². The minimum Gasteiger partial charge on any atom is -0.448 e. The van der Waals surface area contributed by atoms with Crippen LogP contribution in [-0.2, 0) is 28.6 Å². The molecule has 1 aliphatic rings. The monoisotopic (exact) mass is 557 g/mol. The summed E-state index contributed by atoms with van der Waals surface area (Å²) < 4.78 is 14.9. The van der Waals surface area contributed by atoms with Crippen molar-refractivity contribution in [3.05, 3.63) is 0 Å². The molecule has 0 spiro atoms. The molecular weight excluding hydrogens is 521 g/mol. The highest BCUT2D eigenvalue weighted by molar-refractivity contribution is 14.1. The summed E-state index contributed by atoms with van der Waals surface area (Å²) >= 11 is 1.75. The van der Waals surface area contributed by atoms with Crippen molar-refractivity contribution in [1.82, 2.24) is 0 Å². The molecule has 31 heavy (non-hydrogen) atoms. The number of aliphatic hydroxyl groups excluding tert-OH is 1. The van der Waals surface area contributed by atoms with Gasteiger partial charge in [0, 0.05) is 26.1 Å². The number of methoxy groups -OCH3 is 2. The van der Waals surface area contributed by atoms with Gasteiger partial charge in [0.2, 0.25) is 6.79 Å². The Bertz CT molecular complexity index is 655. The molecule has 0 radical (unpaired) electrons. The number of rotatable bonds is 4. The minimum atomic E-state index is -1.80. The van der Waals surface area contributed by atoms with E-state index in [4.69, 9.17) is 19.0 Å². The number of nitrogens with zero attached hydrogens (tertiary/aromatic N) is 1. The van der Waals surface area contributed by atoms with Crippen molar-refractivity contribution in [2.24, 2.45) is 22.9 Å². The number of carbonyl (C=O) groups excluding carboxylic acids is 2. The highest BCUT2D eigenvalue weighted by Crippen LogP contribution is 2.33. The summed E-state index contributed by atoms with van der Waals surface area (Å²) in [7, 11) is 3.03. The lowest BCUT2D eigenvalue weighted by Gasteiger charge is -2.38. The lowest BCUT2D eigenvalue weighted by atomic mass is 9.80. The van der Waals surface area contributed by atoms with Crippen LogP contribution in [0, 0.1) is 17.8 Å². The number of aliphatic hydroxyl groups is 2. The Kier molecular flexibility index (Phi) is 10.8. The summed E-state index contributed by atoms with van der Waals surface area (Å²) in [5.41, 5.74) is -1.99. The van der Waals surface area contributed by atoms with Gasteiger partial charge in [-0.05, 0) is 62.6 Å². The van der Waals surface area contributed by atoms with E-state index in [0.29, 0.717) is 25.0 Å². The van der Waals surface area contributed by atoms with Crippen LogP contribution in [0.2, 0.25) is 0 Å². The van der Waals surface area contributed by atoms with Crippen LogP contribution >= 0.6 is 22.6 Å². The molecule has 0 amide bonds. The van der Waals surface area contributed by atoms with Gasteiger partial charge in [-0.25, -0.2) is 0 Å². The van der Waals surface area contributed by atoms with Crippen molar-refractivity contribution in [3.8, 4) is 0 Å². The molecule has 0 bridgehead atoms. The number of ether oxygens (including phenoxy) is 3. The van der Waals surface area contributed by atoms with Crippen LogP contribution in [0.15, 0.2) is 5.16 Å². The number of hydrogen-bond donors (Lipinski definition) is 2. The van der Waals surface area contributed by atoms with E-state index in [1.54, 1.807) is 43.5 Å². The smallest absolute Gasteiger partial charge is 0.317 e. The van der Waals surface area contributed by atoms with Crippen LogP contribution in [0.5, 0.6) is 0 Å². The third kappa shape index (κ3) is 7.34. The van der Waals surface area contributed by atoms with Crippen molar-refractivity contribution < 1.29 is 38.9 Å². The second-order valence-corrected chi connectivity index (χ2v) is 9.85. The van der Waals surface area contributed by atoms with E-state index in [9.17, 15) is 19.8 Å².